The van der Waals surface area contributed by atoms with Crippen molar-refractivity contribution in [2.24, 2.45) is 0 Å². The van der Waals surface area contributed by atoms with E-state index in [-0.39, 0.29) is 0 Å². The normalized spacial score (nSPS) is 10.4. The van der Waals surface area contributed by atoms with Gasteiger partial charge in [-0.25, -0.2) is 9.97 Å². The molecule has 5 heteroatoms. The molecule has 0 saturated carbocycles. The molecule has 0 spiro atoms. The highest BCUT2D eigenvalue weighted by Gasteiger charge is 1.99. The van der Waals surface area contributed by atoms with Gasteiger partial charge in [0.1, 0.15) is 16.2 Å². The van der Waals surface area contributed by atoms with E-state index in [0.717, 1.165) is 34.2 Å². The number of benzene rings is 1. The molecule has 0 aliphatic carbocycles. The van der Waals surface area contributed by atoms with Gasteiger partial charge in [-0.3, -0.25) is 0 Å². The van der Waals surface area contributed by atoms with E-state index in [0.29, 0.717) is 0 Å². The molecule has 0 aliphatic rings. The average molecular weight is 327 g/mol. The molecule has 0 amide bonds. The maximum atomic E-state index is 5.84. The standard InChI is InChI=1S/C13H13BrClN3/c1-9-17-12(14)8-13(18-9)16-7-6-10-2-4-11(15)5-3-10/h2-5,8H,6-7H2,1H3,(H,16,17,18). The summed E-state index contributed by atoms with van der Waals surface area (Å²) in [7, 11) is 0. The van der Waals surface area contributed by atoms with Crippen molar-refractivity contribution in [3.8, 4) is 0 Å². The van der Waals surface area contributed by atoms with E-state index in [2.05, 4.69) is 31.2 Å². The average Bonchev–Trinajstić information content (AvgIpc) is 2.30. The number of aromatic nitrogens is 2. The third-order valence-corrected chi connectivity index (χ3v) is 3.10. The van der Waals surface area contributed by atoms with Crippen LogP contribution in [0, 0.1) is 6.92 Å². The van der Waals surface area contributed by atoms with Gasteiger partial charge in [0.15, 0.2) is 0 Å². The van der Waals surface area contributed by atoms with Crippen molar-refractivity contribution >= 4 is 33.3 Å². The van der Waals surface area contributed by atoms with Crippen molar-refractivity contribution < 1.29 is 0 Å². The summed E-state index contributed by atoms with van der Waals surface area (Å²) in [4.78, 5) is 8.47. The number of hydrogen-bond donors (Lipinski definition) is 1. The molecule has 0 fully saturated rings. The lowest BCUT2D eigenvalue weighted by molar-refractivity contribution is 0.974. The first-order valence-corrected chi connectivity index (χ1v) is 6.80. The monoisotopic (exact) mass is 325 g/mol. The second kappa shape index (κ2) is 6.16. The van der Waals surface area contributed by atoms with Gasteiger partial charge in [-0.05, 0) is 47.0 Å². The largest absolute Gasteiger partial charge is 0.370 e. The van der Waals surface area contributed by atoms with Crippen molar-refractivity contribution in [1.29, 1.82) is 0 Å². The molecule has 1 aromatic carbocycles. The lowest BCUT2D eigenvalue weighted by Crippen LogP contribution is -2.07. The number of aryl methyl sites for hydroxylation is 1. The van der Waals surface area contributed by atoms with Gasteiger partial charge in [-0.2, -0.15) is 0 Å². The van der Waals surface area contributed by atoms with E-state index < -0.39 is 0 Å². The van der Waals surface area contributed by atoms with Gasteiger partial charge >= 0.3 is 0 Å². The summed E-state index contributed by atoms with van der Waals surface area (Å²) in [5, 5.41) is 4.04. The smallest absolute Gasteiger partial charge is 0.130 e. The van der Waals surface area contributed by atoms with Crippen LogP contribution in [0.4, 0.5) is 5.82 Å². The lowest BCUT2D eigenvalue weighted by atomic mass is 10.1. The highest BCUT2D eigenvalue weighted by atomic mass is 79.9. The quantitative estimate of drug-likeness (QED) is 0.867. The number of anilines is 1. The summed E-state index contributed by atoms with van der Waals surface area (Å²) in [6.07, 6.45) is 0.928. The summed E-state index contributed by atoms with van der Waals surface area (Å²) in [6.45, 7) is 2.69. The molecule has 0 atom stereocenters. The van der Waals surface area contributed by atoms with E-state index in [1.807, 2.05) is 37.3 Å². The van der Waals surface area contributed by atoms with Crippen LogP contribution >= 0.6 is 27.5 Å². The van der Waals surface area contributed by atoms with Crippen LogP contribution in [0.5, 0.6) is 0 Å². The van der Waals surface area contributed by atoms with Gasteiger partial charge in [0.05, 0.1) is 0 Å². The Hall–Kier alpha value is -1.13. The molecule has 1 heterocycles. The van der Waals surface area contributed by atoms with Gasteiger partial charge < -0.3 is 5.32 Å². The second-order valence-electron chi connectivity index (χ2n) is 3.93. The molecular weight excluding hydrogens is 314 g/mol. The molecule has 2 aromatic rings. The van der Waals surface area contributed by atoms with E-state index in [4.69, 9.17) is 11.6 Å². The van der Waals surface area contributed by atoms with Crippen LogP contribution in [0.15, 0.2) is 34.9 Å². The first-order chi connectivity index (χ1) is 8.63. The zero-order valence-corrected chi connectivity index (χ0v) is 12.3. The van der Waals surface area contributed by atoms with Crippen LogP contribution in [0.3, 0.4) is 0 Å². The van der Waals surface area contributed by atoms with Crippen LogP contribution in [0.25, 0.3) is 0 Å². The maximum absolute atomic E-state index is 5.84. The predicted octanol–water partition coefficient (Wildman–Crippen LogP) is 3.86. The van der Waals surface area contributed by atoms with Crippen LogP contribution < -0.4 is 5.32 Å². The molecule has 0 bridgehead atoms. The second-order valence-corrected chi connectivity index (χ2v) is 5.18. The van der Waals surface area contributed by atoms with E-state index in [1.54, 1.807) is 0 Å². The number of nitrogens with zero attached hydrogens (tertiary/aromatic N) is 2. The van der Waals surface area contributed by atoms with E-state index in [1.165, 1.54) is 5.56 Å². The van der Waals surface area contributed by atoms with Crippen LogP contribution in [-0.4, -0.2) is 16.5 Å². The molecule has 0 saturated heterocycles. The first kappa shape index (κ1) is 13.3. The molecule has 2 rings (SSSR count). The Morgan fingerprint density at radius 2 is 1.94 bits per heavy atom. The molecule has 0 unspecified atom stereocenters. The molecule has 1 aromatic heterocycles. The summed E-state index contributed by atoms with van der Waals surface area (Å²) in [5.41, 5.74) is 1.25. The zero-order valence-electron chi connectivity index (χ0n) is 9.95. The van der Waals surface area contributed by atoms with Crippen LogP contribution in [-0.2, 0) is 6.42 Å². The fraction of sp³-hybridized carbons (Fsp3) is 0.231. The maximum Gasteiger partial charge on any atom is 0.130 e. The summed E-state index contributed by atoms with van der Waals surface area (Å²) >= 11 is 9.19. The first-order valence-electron chi connectivity index (χ1n) is 5.63. The number of hydrogen-bond acceptors (Lipinski definition) is 3. The van der Waals surface area contributed by atoms with Crippen LogP contribution in [0.1, 0.15) is 11.4 Å². The molecule has 94 valence electrons. The van der Waals surface area contributed by atoms with E-state index in [9.17, 15) is 0 Å². The third-order valence-electron chi connectivity index (χ3n) is 2.44. The Morgan fingerprint density at radius 3 is 2.61 bits per heavy atom. The van der Waals surface area contributed by atoms with Crippen molar-refractivity contribution in [1.82, 2.24) is 9.97 Å². The van der Waals surface area contributed by atoms with Crippen molar-refractivity contribution in [3.63, 3.8) is 0 Å². The van der Waals surface area contributed by atoms with E-state index >= 15 is 0 Å². The number of halogens is 2. The molecule has 1 N–H and O–H groups in total. The van der Waals surface area contributed by atoms with Crippen LogP contribution in [0.2, 0.25) is 5.02 Å². The molecule has 0 aliphatic heterocycles. The van der Waals surface area contributed by atoms with Gasteiger partial charge in [0.25, 0.3) is 0 Å². The number of nitrogens with one attached hydrogen (secondary N) is 1. The molecule has 3 nitrogen and oxygen atoms in total. The topological polar surface area (TPSA) is 37.8 Å². The predicted molar refractivity (Wildman–Crippen MR) is 78.1 cm³/mol. The highest BCUT2D eigenvalue weighted by molar-refractivity contribution is 9.10. The zero-order chi connectivity index (χ0) is 13.0. The summed E-state index contributed by atoms with van der Waals surface area (Å²) < 4.78 is 0.795. The van der Waals surface area contributed by atoms with Gasteiger partial charge in [0, 0.05) is 17.6 Å². The Morgan fingerprint density at radius 1 is 1.22 bits per heavy atom. The Kier molecular flexibility index (Phi) is 4.55. The molecular formula is C13H13BrClN3. The minimum Gasteiger partial charge on any atom is -0.370 e. The van der Waals surface area contributed by atoms with Crippen molar-refractivity contribution in [2.75, 3.05) is 11.9 Å². The van der Waals surface area contributed by atoms with Crippen molar-refractivity contribution in [2.45, 2.75) is 13.3 Å². The van der Waals surface area contributed by atoms with Gasteiger partial charge in [-0.15, -0.1) is 0 Å². The lowest BCUT2D eigenvalue weighted by Gasteiger charge is -2.06. The SMILES string of the molecule is Cc1nc(Br)cc(NCCc2ccc(Cl)cc2)n1. The fourth-order valence-corrected chi connectivity index (χ4v) is 2.21. The van der Waals surface area contributed by atoms with Crippen molar-refractivity contribution in [3.05, 3.63) is 51.3 Å². The Labute approximate surface area is 120 Å². The third kappa shape index (κ3) is 3.96. The Bertz CT molecular complexity index is 508. The van der Waals surface area contributed by atoms with Gasteiger partial charge in [-0.1, -0.05) is 23.7 Å². The highest BCUT2D eigenvalue weighted by Crippen LogP contribution is 2.13. The Balaban J connectivity index is 1.90. The summed E-state index contributed by atoms with van der Waals surface area (Å²) in [5.74, 6) is 1.58. The molecule has 18 heavy (non-hydrogen) atoms. The molecule has 0 radical (unpaired) electrons. The minimum absolute atomic E-state index is 0.748. The minimum atomic E-state index is 0.748. The number of rotatable bonds is 4. The summed E-state index contributed by atoms with van der Waals surface area (Å²) in [6, 6.07) is 9.75. The van der Waals surface area contributed by atoms with Gasteiger partial charge in [0.2, 0.25) is 0 Å². The fourth-order valence-electron chi connectivity index (χ4n) is 1.61.